The molecule has 0 N–H and O–H groups in total. The summed E-state index contributed by atoms with van der Waals surface area (Å²) in [5.41, 5.74) is 0.794. The number of fused-ring (bicyclic) bond motifs is 1. The van der Waals surface area contributed by atoms with Crippen molar-refractivity contribution in [2.75, 3.05) is 13.2 Å². The lowest BCUT2D eigenvalue weighted by molar-refractivity contribution is 0.171. The van der Waals surface area contributed by atoms with Gasteiger partial charge in [0.05, 0.1) is 5.02 Å². The van der Waals surface area contributed by atoms with Gasteiger partial charge in [-0.1, -0.05) is 23.7 Å². The van der Waals surface area contributed by atoms with Gasteiger partial charge in [-0.15, -0.1) is 0 Å². The second-order valence-corrected chi connectivity index (χ2v) is 4.73. The summed E-state index contributed by atoms with van der Waals surface area (Å²) in [6.07, 6.45) is 0. The van der Waals surface area contributed by atoms with Crippen LogP contribution in [0.3, 0.4) is 0 Å². The number of halogens is 2. The predicted molar refractivity (Wildman–Crippen MR) is 73.2 cm³/mol. The Morgan fingerprint density at radius 2 is 1.95 bits per heavy atom. The highest BCUT2D eigenvalue weighted by atomic mass is 35.5. The number of ether oxygens (including phenoxy) is 3. The Balaban J connectivity index is 1.78. The smallest absolute Gasteiger partial charge is 0.179 e. The molecule has 1 aliphatic rings. The van der Waals surface area contributed by atoms with Crippen LogP contribution in [0.25, 0.3) is 0 Å². The SMILES string of the molecule is Fc1ccccc1OCc1cc(Cl)c2c(c1)OCCO2. The molecule has 0 aliphatic carbocycles. The van der Waals surface area contributed by atoms with E-state index in [9.17, 15) is 4.39 Å². The van der Waals surface area contributed by atoms with E-state index in [-0.39, 0.29) is 12.4 Å². The number of hydrogen-bond donors (Lipinski definition) is 0. The zero-order valence-corrected chi connectivity index (χ0v) is 11.3. The standard InChI is InChI=1S/C15H12ClFO3/c16-11-7-10(8-14-15(11)19-6-5-18-14)9-20-13-4-2-1-3-12(13)17/h1-4,7-8H,5-6,9H2. The van der Waals surface area contributed by atoms with Crippen molar-refractivity contribution in [1.29, 1.82) is 0 Å². The summed E-state index contributed by atoms with van der Waals surface area (Å²) in [6, 6.07) is 9.79. The highest BCUT2D eigenvalue weighted by Gasteiger charge is 2.17. The van der Waals surface area contributed by atoms with E-state index in [0.29, 0.717) is 29.7 Å². The molecule has 20 heavy (non-hydrogen) atoms. The van der Waals surface area contributed by atoms with Gasteiger partial charge in [-0.3, -0.25) is 0 Å². The van der Waals surface area contributed by atoms with Crippen LogP contribution in [-0.2, 0) is 6.61 Å². The van der Waals surface area contributed by atoms with Crippen LogP contribution in [0.2, 0.25) is 5.02 Å². The molecule has 2 aromatic carbocycles. The van der Waals surface area contributed by atoms with Gasteiger partial charge in [0.2, 0.25) is 0 Å². The van der Waals surface area contributed by atoms with Crippen molar-refractivity contribution in [1.82, 2.24) is 0 Å². The van der Waals surface area contributed by atoms with Gasteiger partial charge in [0.25, 0.3) is 0 Å². The summed E-state index contributed by atoms with van der Waals surface area (Å²) in [4.78, 5) is 0. The molecule has 2 aromatic rings. The molecular weight excluding hydrogens is 283 g/mol. The van der Waals surface area contributed by atoms with Crippen LogP contribution < -0.4 is 14.2 Å². The maximum atomic E-state index is 13.4. The maximum absolute atomic E-state index is 13.4. The van der Waals surface area contributed by atoms with Gasteiger partial charge in [-0.05, 0) is 29.8 Å². The van der Waals surface area contributed by atoms with Gasteiger partial charge in [0.1, 0.15) is 19.8 Å². The fraction of sp³-hybridized carbons (Fsp3) is 0.200. The van der Waals surface area contributed by atoms with Crippen LogP contribution in [0.1, 0.15) is 5.56 Å². The van der Waals surface area contributed by atoms with Crippen molar-refractivity contribution in [3.05, 3.63) is 52.8 Å². The molecule has 5 heteroatoms. The number of benzene rings is 2. The van der Waals surface area contributed by atoms with Crippen molar-refractivity contribution < 1.29 is 18.6 Å². The Hall–Kier alpha value is -1.94. The largest absolute Gasteiger partial charge is 0.486 e. The number of hydrogen-bond acceptors (Lipinski definition) is 3. The van der Waals surface area contributed by atoms with E-state index in [4.69, 9.17) is 25.8 Å². The van der Waals surface area contributed by atoms with E-state index < -0.39 is 5.82 Å². The first-order chi connectivity index (χ1) is 9.74. The molecule has 0 unspecified atom stereocenters. The normalized spacial score (nSPS) is 13.1. The zero-order chi connectivity index (χ0) is 13.9. The monoisotopic (exact) mass is 294 g/mol. The van der Waals surface area contributed by atoms with Gasteiger partial charge < -0.3 is 14.2 Å². The quantitative estimate of drug-likeness (QED) is 0.861. The molecule has 0 saturated heterocycles. The van der Waals surface area contributed by atoms with Crippen molar-refractivity contribution >= 4 is 11.6 Å². The van der Waals surface area contributed by atoms with Crippen LogP contribution in [0.4, 0.5) is 4.39 Å². The number of rotatable bonds is 3. The van der Waals surface area contributed by atoms with Crippen LogP contribution in [0, 0.1) is 5.82 Å². The Kier molecular flexibility index (Phi) is 3.65. The maximum Gasteiger partial charge on any atom is 0.179 e. The minimum absolute atomic E-state index is 0.206. The zero-order valence-electron chi connectivity index (χ0n) is 10.6. The molecule has 0 atom stereocenters. The third-order valence-electron chi connectivity index (χ3n) is 2.89. The number of para-hydroxylation sites is 1. The van der Waals surface area contributed by atoms with Gasteiger partial charge in [-0.2, -0.15) is 0 Å². The first-order valence-corrected chi connectivity index (χ1v) is 6.57. The highest BCUT2D eigenvalue weighted by molar-refractivity contribution is 6.32. The minimum Gasteiger partial charge on any atom is -0.486 e. The molecule has 0 saturated carbocycles. The van der Waals surface area contributed by atoms with Crippen molar-refractivity contribution in [2.45, 2.75) is 6.61 Å². The summed E-state index contributed by atoms with van der Waals surface area (Å²) in [7, 11) is 0. The summed E-state index contributed by atoms with van der Waals surface area (Å²) in [5.74, 6) is 0.957. The fourth-order valence-corrected chi connectivity index (χ4v) is 2.26. The molecule has 0 amide bonds. The molecular formula is C15H12ClFO3. The molecule has 1 heterocycles. The Morgan fingerprint density at radius 3 is 2.80 bits per heavy atom. The van der Waals surface area contributed by atoms with Crippen LogP contribution in [0.15, 0.2) is 36.4 Å². The average Bonchev–Trinajstić information content (AvgIpc) is 2.46. The molecule has 3 rings (SSSR count). The van der Waals surface area contributed by atoms with Crippen LogP contribution in [-0.4, -0.2) is 13.2 Å². The van der Waals surface area contributed by atoms with E-state index in [0.717, 1.165) is 5.56 Å². The van der Waals surface area contributed by atoms with Crippen LogP contribution in [0.5, 0.6) is 17.2 Å². The summed E-state index contributed by atoms with van der Waals surface area (Å²) in [6.45, 7) is 1.18. The second kappa shape index (κ2) is 5.59. The first-order valence-electron chi connectivity index (χ1n) is 6.19. The third-order valence-corrected chi connectivity index (χ3v) is 3.17. The lowest BCUT2D eigenvalue weighted by Crippen LogP contribution is -2.16. The average molecular weight is 295 g/mol. The van der Waals surface area contributed by atoms with Crippen molar-refractivity contribution in [3.63, 3.8) is 0 Å². The van der Waals surface area contributed by atoms with Gasteiger partial charge in [0.15, 0.2) is 23.1 Å². The van der Waals surface area contributed by atoms with Gasteiger partial charge >= 0.3 is 0 Å². The fourth-order valence-electron chi connectivity index (χ4n) is 1.97. The van der Waals surface area contributed by atoms with Gasteiger partial charge in [-0.25, -0.2) is 4.39 Å². The Bertz CT molecular complexity index is 631. The molecule has 3 nitrogen and oxygen atoms in total. The molecule has 1 aliphatic heterocycles. The molecule has 0 fully saturated rings. The van der Waals surface area contributed by atoms with Crippen LogP contribution >= 0.6 is 11.6 Å². The Morgan fingerprint density at radius 1 is 1.15 bits per heavy atom. The summed E-state index contributed by atoms with van der Waals surface area (Å²) in [5, 5.41) is 0.467. The van der Waals surface area contributed by atoms with E-state index in [2.05, 4.69) is 0 Å². The first kappa shape index (κ1) is 13.1. The van der Waals surface area contributed by atoms with E-state index >= 15 is 0 Å². The molecule has 0 radical (unpaired) electrons. The molecule has 0 aromatic heterocycles. The highest BCUT2D eigenvalue weighted by Crippen LogP contribution is 2.38. The lowest BCUT2D eigenvalue weighted by Gasteiger charge is -2.20. The minimum atomic E-state index is -0.392. The molecule has 104 valence electrons. The van der Waals surface area contributed by atoms with E-state index in [1.807, 2.05) is 0 Å². The molecule has 0 spiro atoms. The summed E-state index contributed by atoms with van der Waals surface area (Å²) < 4.78 is 29.8. The topological polar surface area (TPSA) is 27.7 Å². The molecule has 0 bridgehead atoms. The van der Waals surface area contributed by atoms with Gasteiger partial charge in [0, 0.05) is 0 Å². The Labute approximate surface area is 120 Å². The predicted octanol–water partition coefficient (Wildman–Crippen LogP) is 3.83. The van der Waals surface area contributed by atoms with Crippen molar-refractivity contribution in [2.24, 2.45) is 0 Å². The van der Waals surface area contributed by atoms with E-state index in [1.165, 1.54) is 6.07 Å². The van der Waals surface area contributed by atoms with E-state index in [1.54, 1.807) is 30.3 Å². The lowest BCUT2D eigenvalue weighted by atomic mass is 10.2. The van der Waals surface area contributed by atoms with Crippen molar-refractivity contribution in [3.8, 4) is 17.2 Å². The second-order valence-electron chi connectivity index (χ2n) is 4.32. The third kappa shape index (κ3) is 2.65. The summed E-state index contributed by atoms with van der Waals surface area (Å²) >= 11 is 6.13.